The van der Waals surface area contributed by atoms with Crippen molar-refractivity contribution in [3.8, 4) is 11.1 Å². The van der Waals surface area contributed by atoms with Crippen molar-refractivity contribution in [1.29, 1.82) is 0 Å². The van der Waals surface area contributed by atoms with Gasteiger partial charge in [0.1, 0.15) is 11.4 Å². The lowest BCUT2D eigenvalue weighted by atomic mass is 10.0. The van der Waals surface area contributed by atoms with E-state index in [1.54, 1.807) is 36.4 Å². The van der Waals surface area contributed by atoms with E-state index in [1.165, 1.54) is 6.07 Å². The van der Waals surface area contributed by atoms with Crippen LogP contribution in [0.3, 0.4) is 0 Å². The Kier molecular flexibility index (Phi) is 4.62. The van der Waals surface area contributed by atoms with Gasteiger partial charge < -0.3 is 9.84 Å². The number of esters is 1. The maximum Gasteiger partial charge on any atom is 0.338 e. The fraction of sp³-hybridized carbons (Fsp3) is 0.278. The molecular weight excluding hydrogens is 283 g/mol. The summed E-state index contributed by atoms with van der Waals surface area (Å²) in [6, 6.07) is 11.4. The number of halogens is 1. The highest BCUT2D eigenvalue weighted by molar-refractivity contribution is 5.90. The number of hydrogen-bond donors (Lipinski definition) is 1. The largest absolute Gasteiger partial charge is 0.456 e. The minimum Gasteiger partial charge on any atom is -0.456 e. The number of benzene rings is 2. The molecule has 2 aromatic rings. The summed E-state index contributed by atoms with van der Waals surface area (Å²) >= 11 is 0. The molecule has 0 fully saturated rings. The predicted molar refractivity (Wildman–Crippen MR) is 82.9 cm³/mol. The fourth-order valence-electron chi connectivity index (χ4n) is 1.99. The smallest absolute Gasteiger partial charge is 0.338 e. The molecule has 0 aliphatic rings. The number of carbonyl (C=O) groups is 1. The van der Waals surface area contributed by atoms with E-state index in [9.17, 15) is 9.18 Å². The minimum atomic E-state index is -0.543. The van der Waals surface area contributed by atoms with Gasteiger partial charge in [-0.15, -0.1) is 0 Å². The first kappa shape index (κ1) is 16.2. The number of ether oxygens (including phenoxy) is 1. The zero-order valence-electron chi connectivity index (χ0n) is 12.9. The molecule has 0 radical (unpaired) electrons. The Labute approximate surface area is 129 Å². The Balaban J connectivity index is 2.22. The van der Waals surface area contributed by atoms with Crippen molar-refractivity contribution >= 4 is 5.97 Å². The highest BCUT2D eigenvalue weighted by atomic mass is 19.1. The van der Waals surface area contributed by atoms with E-state index in [4.69, 9.17) is 9.84 Å². The summed E-state index contributed by atoms with van der Waals surface area (Å²) in [7, 11) is 0. The number of hydrogen-bond acceptors (Lipinski definition) is 3. The third kappa shape index (κ3) is 3.92. The molecule has 0 bridgehead atoms. The highest BCUT2D eigenvalue weighted by Crippen LogP contribution is 2.23. The van der Waals surface area contributed by atoms with Crippen LogP contribution >= 0.6 is 0 Å². The van der Waals surface area contributed by atoms with Crippen LogP contribution in [0, 0.1) is 5.82 Å². The molecule has 4 heteroatoms. The second-order valence-electron chi connectivity index (χ2n) is 6.04. The van der Waals surface area contributed by atoms with E-state index in [0.29, 0.717) is 11.1 Å². The zero-order valence-corrected chi connectivity index (χ0v) is 12.9. The third-order valence-corrected chi connectivity index (χ3v) is 3.08. The van der Waals surface area contributed by atoms with Gasteiger partial charge in [-0.2, -0.15) is 0 Å². The van der Waals surface area contributed by atoms with Crippen LogP contribution in [0.25, 0.3) is 11.1 Å². The van der Waals surface area contributed by atoms with Gasteiger partial charge in [0.15, 0.2) is 0 Å². The molecule has 1 N–H and O–H groups in total. The molecule has 0 heterocycles. The standard InChI is InChI=1S/C18H19FO3/c1-18(2,3)22-17(21)13-6-4-12(5-7-13)14-8-9-15(11-20)16(19)10-14/h4-10,20H,11H2,1-3H3. The van der Waals surface area contributed by atoms with Crippen LogP contribution in [0.1, 0.15) is 36.7 Å². The van der Waals surface area contributed by atoms with Crippen molar-refractivity contribution in [3.63, 3.8) is 0 Å². The maximum atomic E-state index is 13.7. The lowest BCUT2D eigenvalue weighted by Gasteiger charge is -2.19. The van der Waals surface area contributed by atoms with E-state index in [0.717, 1.165) is 5.56 Å². The first-order chi connectivity index (χ1) is 10.3. The van der Waals surface area contributed by atoms with Crippen LogP contribution in [0.4, 0.5) is 4.39 Å². The lowest BCUT2D eigenvalue weighted by Crippen LogP contribution is -2.23. The molecule has 0 spiro atoms. The summed E-state index contributed by atoms with van der Waals surface area (Å²) in [5.74, 6) is -0.836. The van der Waals surface area contributed by atoms with Crippen LogP contribution in [-0.2, 0) is 11.3 Å². The zero-order chi connectivity index (χ0) is 16.3. The average molecular weight is 302 g/mol. The van der Waals surface area contributed by atoms with Crippen molar-refractivity contribution in [2.75, 3.05) is 0 Å². The Hall–Kier alpha value is -2.20. The topological polar surface area (TPSA) is 46.5 Å². The summed E-state index contributed by atoms with van der Waals surface area (Å²) in [5, 5.41) is 8.98. The van der Waals surface area contributed by atoms with E-state index < -0.39 is 11.4 Å². The number of rotatable bonds is 3. The van der Waals surface area contributed by atoms with Crippen molar-refractivity contribution in [2.24, 2.45) is 0 Å². The number of aliphatic hydroxyl groups excluding tert-OH is 1. The van der Waals surface area contributed by atoms with E-state index in [1.807, 2.05) is 20.8 Å². The molecule has 3 nitrogen and oxygen atoms in total. The molecule has 0 aromatic heterocycles. The van der Waals surface area contributed by atoms with Gasteiger partial charge in [0.2, 0.25) is 0 Å². The van der Waals surface area contributed by atoms with Crippen LogP contribution in [0.5, 0.6) is 0 Å². The monoisotopic (exact) mass is 302 g/mol. The van der Waals surface area contributed by atoms with E-state index in [2.05, 4.69) is 0 Å². The summed E-state index contributed by atoms with van der Waals surface area (Å²) in [5.41, 5.74) is 1.64. The molecule has 116 valence electrons. The quantitative estimate of drug-likeness (QED) is 0.874. The van der Waals surface area contributed by atoms with Gasteiger partial charge in [-0.05, 0) is 50.1 Å². The van der Waals surface area contributed by atoms with E-state index in [-0.39, 0.29) is 18.1 Å². The van der Waals surface area contributed by atoms with Gasteiger partial charge in [0, 0.05) is 5.56 Å². The maximum absolute atomic E-state index is 13.7. The Morgan fingerprint density at radius 2 is 1.68 bits per heavy atom. The second kappa shape index (κ2) is 6.28. The summed E-state index contributed by atoms with van der Waals surface area (Å²) in [6.07, 6.45) is 0. The fourth-order valence-corrected chi connectivity index (χ4v) is 1.99. The molecule has 22 heavy (non-hydrogen) atoms. The normalized spacial score (nSPS) is 11.3. The van der Waals surface area contributed by atoms with Crippen molar-refractivity contribution in [1.82, 2.24) is 0 Å². The molecule has 0 saturated carbocycles. The third-order valence-electron chi connectivity index (χ3n) is 3.08. The SMILES string of the molecule is CC(C)(C)OC(=O)c1ccc(-c2ccc(CO)c(F)c2)cc1. The first-order valence-electron chi connectivity index (χ1n) is 7.03. The lowest BCUT2D eigenvalue weighted by molar-refractivity contribution is 0.00695. The summed E-state index contributed by atoms with van der Waals surface area (Å²) < 4.78 is 19.0. The first-order valence-corrected chi connectivity index (χ1v) is 7.03. The number of carbonyl (C=O) groups excluding carboxylic acids is 1. The van der Waals surface area contributed by atoms with Gasteiger partial charge in [-0.1, -0.05) is 24.3 Å². The summed E-state index contributed by atoms with van der Waals surface area (Å²) in [4.78, 5) is 11.9. The van der Waals surface area contributed by atoms with Crippen molar-refractivity contribution < 1.29 is 19.0 Å². The second-order valence-corrected chi connectivity index (χ2v) is 6.04. The molecular formula is C18H19FO3. The summed E-state index contributed by atoms with van der Waals surface area (Å²) in [6.45, 7) is 5.10. The van der Waals surface area contributed by atoms with Gasteiger partial charge in [-0.3, -0.25) is 0 Å². The molecule has 0 atom stereocenters. The predicted octanol–water partition coefficient (Wildman–Crippen LogP) is 3.94. The molecule has 2 aromatic carbocycles. The molecule has 0 unspecified atom stereocenters. The van der Waals surface area contributed by atoms with Crippen LogP contribution < -0.4 is 0 Å². The van der Waals surface area contributed by atoms with Crippen molar-refractivity contribution in [2.45, 2.75) is 33.0 Å². The molecule has 0 aliphatic carbocycles. The highest BCUT2D eigenvalue weighted by Gasteiger charge is 2.17. The Morgan fingerprint density at radius 1 is 1.09 bits per heavy atom. The Morgan fingerprint density at radius 3 is 2.18 bits per heavy atom. The molecule has 0 saturated heterocycles. The Bertz CT molecular complexity index is 670. The van der Waals surface area contributed by atoms with Crippen LogP contribution in [0.15, 0.2) is 42.5 Å². The van der Waals surface area contributed by atoms with Crippen LogP contribution in [-0.4, -0.2) is 16.7 Å². The average Bonchev–Trinajstić information content (AvgIpc) is 2.45. The van der Waals surface area contributed by atoms with Crippen molar-refractivity contribution in [3.05, 3.63) is 59.4 Å². The molecule has 0 aliphatic heterocycles. The van der Waals surface area contributed by atoms with Gasteiger partial charge in [0.05, 0.1) is 12.2 Å². The van der Waals surface area contributed by atoms with E-state index >= 15 is 0 Å². The molecule has 2 rings (SSSR count). The molecule has 0 amide bonds. The number of aliphatic hydroxyl groups is 1. The minimum absolute atomic E-state index is 0.258. The van der Waals surface area contributed by atoms with Crippen LogP contribution in [0.2, 0.25) is 0 Å². The van der Waals surface area contributed by atoms with Gasteiger partial charge in [0.25, 0.3) is 0 Å². The van der Waals surface area contributed by atoms with Gasteiger partial charge >= 0.3 is 5.97 Å². The van der Waals surface area contributed by atoms with Gasteiger partial charge in [-0.25, -0.2) is 9.18 Å².